The molecule has 0 radical (unpaired) electrons. The van der Waals surface area contributed by atoms with Gasteiger partial charge in [0.05, 0.1) is 11.1 Å². The molecule has 1 heterocycles. The molecule has 0 atom stereocenters. The monoisotopic (exact) mass is 354 g/mol. The van der Waals surface area contributed by atoms with Crippen LogP contribution in [-0.4, -0.2) is 37.0 Å². The van der Waals surface area contributed by atoms with Crippen LogP contribution in [0.3, 0.4) is 0 Å². The van der Waals surface area contributed by atoms with Gasteiger partial charge < -0.3 is 15.0 Å². The number of carbonyl (C=O) groups is 1. The number of likely N-dealkylation sites (tertiary alicyclic amines) is 1. The largest absolute Gasteiger partial charge is 0.493 e. The molecule has 5 heteroatoms. The van der Waals surface area contributed by atoms with Crippen molar-refractivity contribution in [3.05, 3.63) is 28.2 Å². The molecule has 0 unspecified atom stereocenters. The average molecular weight is 355 g/mol. The topological polar surface area (TPSA) is 41.6 Å². The summed E-state index contributed by atoms with van der Waals surface area (Å²) in [4.78, 5) is 13.4. The zero-order valence-electron chi connectivity index (χ0n) is 12.5. The molecular weight excluding hydrogens is 332 g/mol. The summed E-state index contributed by atoms with van der Waals surface area (Å²) in [6.07, 6.45) is 2.75. The van der Waals surface area contributed by atoms with E-state index in [0.29, 0.717) is 12.5 Å². The van der Waals surface area contributed by atoms with Crippen molar-refractivity contribution in [3.8, 4) is 5.75 Å². The second kappa shape index (κ2) is 8.39. The van der Waals surface area contributed by atoms with Crippen molar-refractivity contribution >= 4 is 21.8 Å². The highest BCUT2D eigenvalue weighted by atomic mass is 79.9. The summed E-state index contributed by atoms with van der Waals surface area (Å²) >= 11 is 3.53. The molecule has 4 nitrogen and oxygen atoms in total. The third-order valence-electron chi connectivity index (χ3n) is 3.58. The Kier molecular flexibility index (Phi) is 6.51. The SMILES string of the molecule is CCOc1ccc(CNCCCN2CCCC2=O)cc1Br. The van der Waals surface area contributed by atoms with Crippen LogP contribution >= 0.6 is 15.9 Å². The van der Waals surface area contributed by atoms with Gasteiger partial charge in [-0.05, 0) is 59.9 Å². The van der Waals surface area contributed by atoms with Gasteiger partial charge in [-0.25, -0.2) is 0 Å². The number of benzene rings is 1. The summed E-state index contributed by atoms with van der Waals surface area (Å²) in [7, 11) is 0. The van der Waals surface area contributed by atoms with E-state index in [-0.39, 0.29) is 0 Å². The van der Waals surface area contributed by atoms with E-state index in [4.69, 9.17) is 4.74 Å². The lowest BCUT2D eigenvalue weighted by Gasteiger charge is -2.15. The Morgan fingerprint density at radius 2 is 2.29 bits per heavy atom. The molecule has 0 spiro atoms. The highest BCUT2D eigenvalue weighted by Crippen LogP contribution is 2.25. The molecule has 1 amide bonds. The van der Waals surface area contributed by atoms with Crippen LogP contribution in [0.4, 0.5) is 0 Å². The molecule has 0 saturated carbocycles. The van der Waals surface area contributed by atoms with E-state index in [1.54, 1.807) is 0 Å². The van der Waals surface area contributed by atoms with Gasteiger partial charge in [-0.1, -0.05) is 6.07 Å². The van der Waals surface area contributed by atoms with Gasteiger partial charge in [-0.3, -0.25) is 4.79 Å². The van der Waals surface area contributed by atoms with Gasteiger partial charge in [0.1, 0.15) is 5.75 Å². The average Bonchev–Trinajstić information content (AvgIpc) is 2.87. The Hall–Kier alpha value is -1.07. The predicted molar refractivity (Wildman–Crippen MR) is 87.4 cm³/mol. The molecule has 1 fully saturated rings. The molecule has 1 aliphatic heterocycles. The molecule has 0 bridgehead atoms. The van der Waals surface area contributed by atoms with Crippen molar-refractivity contribution in [2.45, 2.75) is 32.7 Å². The van der Waals surface area contributed by atoms with Gasteiger partial charge in [-0.15, -0.1) is 0 Å². The van der Waals surface area contributed by atoms with Crippen LogP contribution < -0.4 is 10.1 Å². The van der Waals surface area contributed by atoms with E-state index in [1.807, 2.05) is 17.9 Å². The number of nitrogens with one attached hydrogen (secondary N) is 1. The third-order valence-corrected chi connectivity index (χ3v) is 4.20. The molecule has 1 saturated heterocycles. The van der Waals surface area contributed by atoms with Crippen molar-refractivity contribution in [2.75, 3.05) is 26.2 Å². The maximum atomic E-state index is 11.5. The minimum absolute atomic E-state index is 0.311. The van der Waals surface area contributed by atoms with Crippen LogP contribution in [0.1, 0.15) is 31.7 Å². The molecule has 1 aromatic rings. The van der Waals surface area contributed by atoms with E-state index in [1.165, 1.54) is 5.56 Å². The van der Waals surface area contributed by atoms with Crippen molar-refractivity contribution < 1.29 is 9.53 Å². The summed E-state index contributed by atoms with van der Waals surface area (Å²) in [5.74, 6) is 1.19. The first-order chi connectivity index (χ1) is 10.2. The summed E-state index contributed by atoms with van der Waals surface area (Å²) in [6.45, 7) is 6.22. The highest BCUT2D eigenvalue weighted by molar-refractivity contribution is 9.10. The second-order valence-corrected chi connectivity index (χ2v) is 6.07. The first-order valence-electron chi connectivity index (χ1n) is 7.60. The molecule has 116 valence electrons. The van der Waals surface area contributed by atoms with Crippen LogP contribution in [0, 0.1) is 0 Å². The van der Waals surface area contributed by atoms with E-state index in [0.717, 1.165) is 55.7 Å². The number of carbonyl (C=O) groups excluding carboxylic acids is 1. The van der Waals surface area contributed by atoms with Crippen molar-refractivity contribution in [3.63, 3.8) is 0 Å². The summed E-state index contributed by atoms with van der Waals surface area (Å²) in [5.41, 5.74) is 1.22. The Morgan fingerprint density at radius 3 is 2.95 bits per heavy atom. The standard InChI is InChI=1S/C16H23BrN2O2/c1-2-21-15-7-6-13(11-14(15)17)12-18-8-4-10-19-9-3-5-16(19)20/h6-7,11,18H,2-5,8-10,12H2,1H3. The summed E-state index contributed by atoms with van der Waals surface area (Å²) in [6, 6.07) is 6.15. The number of nitrogens with zero attached hydrogens (tertiary/aromatic N) is 1. The van der Waals surface area contributed by atoms with Gasteiger partial charge in [0, 0.05) is 26.1 Å². The first kappa shape index (κ1) is 16.3. The highest BCUT2D eigenvalue weighted by Gasteiger charge is 2.18. The maximum absolute atomic E-state index is 11.5. The van der Waals surface area contributed by atoms with Crippen LogP contribution in [0.5, 0.6) is 5.75 Å². The molecule has 1 aliphatic rings. The van der Waals surface area contributed by atoms with Gasteiger partial charge >= 0.3 is 0 Å². The number of rotatable bonds is 8. The molecule has 0 aromatic heterocycles. The predicted octanol–water partition coefficient (Wildman–Crippen LogP) is 2.95. The zero-order chi connectivity index (χ0) is 15.1. The first-order valence-corrected chi connectivity index (χ1v) is 8.39. The van der Waals surface area contributed by atoms with Crippen molar-refractivity contribution in [2.24, 2.45) is 0 Å². The fraction of sp³-hybridized carbons (Fsp3) is 0.562. The van der Waals surface area contributed by atoms with Crippen molar-refractivity contribution in [1.29, 1.82) is 0 Å². The molecule has 1 aromatic carbocycles. The number of hydrogen-bond acceptors (Lipinski definition) is 3. The van der Waals surface area contributed by atoms with Crippen LogP contribution in [0.15, 0.2) is 22.7 Å². The summed E-state index contributed by atoms with van der Waals surface area (Å²) < 4.78 is 6.49. The smallest absolute Gasteiger partial charge is 0.222 e. The Labute approximate surface area is 135 Å². The fourth-order valence-electron chi connectivity index (χ4n) is 2.49. The second-order valence-electron chi connectivity index (χ2n) is 5.21. The number of hydrogen-bond donors (Lipinski definition) is 1. The fourth-order valence-corrected chi connectivity index (χ4v) is 3.04. The van der Waals surface area contributed by atoms with E-state index in [2.05, 4.69) is 33.4 Å². The van der Waals surface area contributed by atoms with Crippen LogP contribution in [0.2, 0.25) is 0 Å². The van der Waals surface area contributed by atoms with Gasteiger partial charge in [0.15, 0.2) is 0 Å². The third kappa shape index (κ3) is 5.00. The molecule has 0 aliphatic carbocycles. The lowest BCUT2D eigenvalue weighted by atomic mass is 10.2. The minimum atomic E-state index is 0.311. The maximum Gasteiger partial charge on any atom is 0.222 e. The van der Waals surface area contributed by atoms with Gasteiger partial charge in [-0.2, -0.15) is 0 Å². The molecular formula is C16H23BrN2O2. The van der Waals surface area contributed by atoms with E-state index < -0.39 is 0 Å². The summed E-state index contributed by atoms with van der Waals surface area (Å²) in [5, 5.41) is 3.42. The molecule has 1 N–H and O–H groups in total. The normalized spacial score (nSPS) is 14.8. The van der Waals surface area contributed by atoms with Gasteiger partial charge in [0.2, 0.25) is 5.91 Å². The Bertz CT molecular complexity index is 479. The lowest BCUT2D eigenvalue weighted by Crippen LogP contribution is -2.28. The number of halogens is 1. The minimum Gasteiger partial charge on any atom is -0.493 e. The lowest BCUT2D eigenvalue weighted by molar-refractivity contribution is -0.127. The van der Waals surface area contributed by atoms with Crippen molar-refractivity contribution in [1.82, 2.24) is 10.2 Å². The molecule has 21 heavy (non-hydrogen) atoms. The number of amides is 1. The quantitative estimate of drug-likeness (QED) is 0.729. The van der Waals surface area contributed by atoms with Crippen LogP contribution in [0.25, 0.3) is 0 Å². The van der Waals surface area contributed by atoms with E-state index in [9.17, 15) is 4.79 Å². The Morgan fingerprint density at radius 1 is 1.43 bits per heavy atom. The van der Waals surface area contributed by atoms with Crippen LogP contribution in [-0.2, 0) is 11.3 Å². The Balaban J connectivity index is 1.66. The number of ether oxygens (including phenoxy) is 1. The van der Waals surface area contributed by atoms with E-state index >= 15 is 0 Å². The zero-order valence-corrected chi connectivity index (χ0v) is 14.1. The molecule has 2 rings (SSSR count). The van der Waals surface area contributed by atoms with Gasteiger partial charge in [0.25, 0.3) is 0 Å².